The molecule has 0 saturated carbocycles. The van der Waals surface area contributed by atoms with E-state index in [-0.39, 0.29) is 17.3 Å². The minimum Gasteiger partial charge on any atom is -0.378 e. The van der Waals surface area contributed by atoms with E-state index >= 15 is 0 Å². The van der Waals surface area contributed by atoms with E-state index in [0.29, 0.717) is 19.8 Å². The lowest BCUT2D eigenvalue weighted by atomic mass is 10.1. The number of morpholine rings is 1. The fraction of sp³-hybridized carbons (Fsp3) is 0.462. The summed E-state index contributed by atoms with van der Waals surface area (Å²) in [5.41, 5.74) is 0.715. The second-order valence-corrected chi connectivity index (χ2v) is 4.71. The summed E-state index contributed by atoms with van der Waals surface area (Å²) in [6.45, 7) is 4.09. The number of nitro groups is 1. The molecule has 0 spiro atoms. The van der Waals surface area contributed by atoms with Gasteiger partial charge in [0.25, 0.3) is 11.6 Å². The Hall–Kier alpha value is -1.99. The largest absolute Gasteiger partial charge is 0.378 e. The third-order valence-electron chi connectivity index (χ3n) is 3.10. The predicted octanol–water partition coefficient (Wildman–Crippen LogP) is 0.621. The number of hydrogen-bond acceptors (Lipinski definition) is 5. The first kappa shape index (κ1) is 14.4. The Morgan fingerprint density at radius 3 is 3.05 bits per heavy atom. The molecule has 20 heavy (non-hydrogen) atoms. The van der Waals surface area contributed by atoms with Crippen LogP contribution in [0.25, 0.3) is 0 Å². The highest BCUT2D eigenvalue weighted by Gasteiger charge is 2.21. The highest BCUT2D eigenvalue weighted by atomic mass is 16.6. The molecule has 0 aliphatic carbocycles. The topological polar surface area (TPSA) is 93.5 Å². The molecule has 0 bridgehead atoms. The Kier molecular flexibility index (Phi) is 4.65. The molecule has 1 aliphatic rings. The van der Waals surface area contributed by atoms with Gasteiger partial charge in [-0.15, -0.1) is 0 Å². The summed E-state index contributed by atoms with van der Waals surface area (Å²) in [6.07, 6.45) is 0. The summed E-state index contributed by atoms with van der Waals surface area (Å²) in [5, 5.41) is 16.8. The van der Waals surface area contributed by atoms with Gasteiger partial charge in [0.05, 0.1) is 18.1 Å². The third-order valence-corrected chi connectivity index (χ3v) is 3.10. The maximum Gasteiger partial charge on any atom is 0.282 e. The number of amides is 1. The van der Waals surface area contributed by atoms with Crippen molar-refractivity contribution in [2.75, 3.05) is 26.3 Å². The van der Waals surface area contributed by atoms with E-state index in [1.807, 2.05) is 0 Å². The maximum atomic E-state index is 12.1. The van der Waals surface area contributed by atoms with E-state index in [2.05, 4.69) is 10.6 Å². The molecule has 1 aromatic carbocycles. The fourth-order valence-corrected chi connectivity index (χ4v) is 2.05. The van der Waals surface area contributed by atoms with Crippen LogP contribution in [0.4, 0.5) is 5.69 Å². The second kappa shape index (κ2) is 6.44. The van der Waals surface area contributed by atoms with E-state index in [9.17, 15) is 14.9 Å². The van der Waals surface area contributed by atoms with Gasteiger partial charge in [0.1, 0.15) is 5.56 Å². The lowest BCUT2D eigenvalue weighted by molar-refractivity contribution is -0.385. The molecule has 108 valence electrons. The smallest absolute Gasteiger partial charge is 0.282 e. The van der Waals surface area contributed by atoms with E-state index < -0.39 is 10.8 Å². The Balaban J connectivity index is 2.04. The molecule has 1 atom stereocenters. The van der Waals surface area contributed by atoms with Crippen molar-refractivity contribution in [1.82, 2.24) is 10.6 Å². The zero-order valence-electron chi connectivity index (χ0n) is 11.2. The van der Waals surface area contributed by atoms with Gasteiger partial charge in [0.15, 0.2) is 0 Å². The monoisotopic (exact) mass is 279 g/mol. The molecule has 7 nitrogen and oxygen atoms in total. The lowest BCUT2D eigenvalue weighted by Gasteiger charge is -2.23. The number of aryl methyl sites for hydroxylation is 1. The minimum atomic E-state index is -0.545. The van der Waals surface area contributed by atoms with Crippen LogP contribution in [0.15, 0.2) is 18.2 Å². The normalized spacial score (nSPS) is 18.6. The van der Waals surface area contributed by atoms with Crippen molar-refractivity contribution in [3.05, 3.63) is 39.4 Å². The Morgan fingerprint density at radius 1 is 1.60 bits per heavy atom. The number of nitrogens with zero attached hydrogens (tertiary/aromatic N) is 1. The van der Waals surface area contributed by atoms with Gasteiger partial charge in [-0.2, -0.15) is 0 Å². The lowest BCUT2D eigenvalue weighted by Crippen LogP contribution is -2.48. The van der Waals surface area contributed by atoms with Crippen molar-refractivity contribution < 1.29 is 14.5 Å². The van der Waals surface area contributed by atoms with Gasteiger partial charge in [-0.05, 0) is 18.6 Å². The van der Waals surface area contributed by atoms with Crippen molar-refractivity contribution in [3.8, 4) is 0 Å². The Labute approximate surface area is 116 Å². The molecule has 1 heterocycles. The zero-order chi connectivity index (χ0) is 14.5. The van der Waals surface area contributed by atoms with Gasteiger partial charge >= 0.3 is 0 Å². The van der Waals surface area contributed by atoms with Crippen LogP contribution in [0.1, 0.15) is 15.9 Å². The van der Waals surface area contributed by atoms with Crippen molar-refractivity contribution >= 4 is 11.6 Å². The average Bonchev–Trinajstić information content (AvgIpc) is 2.45. The summed E-state index contributed by atoms with van der Waals surface area (Å²) in [4.78, 5) is 22.5. The molecule has 1 fully saturated rings. The summed E-state index contributed by atoms with van der Waals surface area (Å²) in [5.74, 6) is -0.437. The molecule has 0 aromatic heterocycles. The van der Waals surface area contributed by atoms with Crippen LogP contribution in [0.5, 0.6) is 0 Å². The van der Waals surface area contributed by atoms with Crippen molar-refractivity contribution in [3.63, 3.8) is 0 Å². The van der Waals surface area contributed by atoms with Gasteiger partial charge in [-0.1, -0.05) is 6.07 Å². The number of ether oxygens (including phenoxy) is 1. The van der Waals surface area contributed by atoms with Crippen molar-refractivity contribution in [2.24, 2.45) is 0 Å². The van der Waals surface area contributed by atoms with Crippen LogP contribution >= 0.6 is 0 Å². The molecule has 1 aliphatic heterocycles. The predicted molar refractivity (Wildman–Crippen MR) is 72.8 cm³/mol. The molecular weight excluding hydrogens is 262 g/mol. The zero-order valence-corrected chi connectivity index (χ0v) is 11.2. The maximum absolute atomic E-state index is 12.1. The summed E-state index contributed by atoms with van der Waals surface area (Å²) in [6, 6.07) is 4.53. The number of rotatable bonds is 4. The first-order valence-corrected chi connectivity index (χ1v) is 6.42. The highest BCUT2D eigenvalue weighted by molar-refractivity contribution is 5.98. The van der Waals surface area contributed by atoms with Crippen LogP contribution < -0.4 is 10.6 Å². The molecule has 2 N–H and O–H groups in total. The molecule has 0 radical (unpaired) electrons. The first-order valence-electron chi connectivity index (χ1n) is 6.42. The quantitative estimate of drug-likeness (QED) is 0.622. The summed E-state index contributed by atoms with van der Waals surface area (Å²) < 4.78 is 5.28. The van der Waals surface area contributed by atoms with Gasteiger partial charge in [0.2, 0.25) is 0 Å². The van der Waals surface area contributed by atoms with Crippen molar-refractivity contribution in [2.45, 2.75) is 13.0 Å². The van der Waals surface area contributed by atoms with Gasteiger partial charge in [-0.25, -0.2) is 0 Å². The number of benzene rings is 1. The summed E-state index contributed by atoms with van der Waals surface area (Å²) in [7, 11) is 0. The average molecular weight is 279 g/mol. The molecule has 1 aromatic rings. The molecule has 1 saturated heterocycles. The number of nitrogens with one attached hydrogen (secondary N) is 2. The molecule has 1 unspecified atom stereocenters. The van der Waals surface area contributed by atoms with E-state index in [4.69, 9.17) is 4.74 Å². The number of carbonyl (C=O) groups excluding carboxylic acids is 1. The highest BCUT2D eigenvalue weighted by Crippen LogP contribution is 2.19. The number of hydrogen-bond donors (Lipinski definition) is 2. The number of nitro benzene ring substituents is 1. The van der Waals surface area contributed by atoms with Gasteiger partial charge in [0, 0.05) is 25.2 Å². The SMILES string of the molecule is Cc1ccc([N+](=O)[O-])c(C(=O)NCC2COCCN2)c1. The number of carbonyl (C=O) groups is 1. The second-order valence-electron chi connectivity index (χ2n) is 4.71. The summed E-state index contributed by atoms with van der Waals surface area (Å²) >= 11 is 0. The van der Waals surface area contributed by atoms with E-state index in [1.54, 1.807) is 13.0 Å². The van der Waals surface area contributed by atoms with Gasteiger partial charge in [-0.3, -0.25) is 14.9 Å². The van der Waals surface area contributed by atoms with Gasteiger partial charge < -0.3 is 15.4 Å². The Bertz CT molecular complexity index is 512. The minimum absolute atomic E-state index is 0.0385. The molecule has 1 amide bonds. The fourth-order valence-electron chi connectivity index (χ4n) is 2.05. The standard InChI is InChI=1S/C13H17N3O4/c1-9-2-3-12(16(18)19)11(6-9)13(17)15-7-10-8-20-5-4-14-10/h2-3,6,10,14H,4-5,7-8H2,1H3,(H,15,17). The first-order chi connectivity index (χ1) is 9.58. The van der Waals surface area contributed by atoms with E-state index in [1.165, 1.54) is 12.1 Å². The van der Waals surface area contributed by atoms with Crippen molar-refractivity contribution in [1.29, 1.82) is 0 Å². The molecule has 7 heteroatoms. The van der Waals surface area contributed by atoms with Crippen LogP contribution in [-0.2, 0) is 4.74 Å². The van der Waals surface area contributed by atoms with Crippen LogP contribution in [0.2, 0.25) is 0 Å². The van der Waals surface area contributed by atoms with Crippen LogP contribution in [-0.4, -0.2) is 43.2 Å². The van der Waals surface area contributed by atoms with Crippen LogP contribution in [0.3, 0.4) is 0 Å². The molecule has 2 rings (SSSR count). The third kappa shape index (κ3) is 3.52. The van der Waals surface area contributed by atoms with E-state index in [0.717, 1.165) is 12.1 Å². The molecular formula is C13H17N3O4. The Morgan fingerprint density at radius 2 is 2.40 bits per heavy atom. The van der Waals surface area contributed by atoms with Crippen LogP contribution in [0, 0.1) is 17.0 Å².